The van der Waals surface area contributed by atoms with Crippen LogP contribution in [0.25, 0.3) is 0 Å². The lowest BCUT2D eigenvalue weighted by Gasteiger charge is -2.20. The number of likely N-dealkylation sites (N-methyl/N-ethyl adjacent to an activating group) is 1. The van der Waals surface area contributed by atoms with Crippen LogP contribution in [0.15, 0.2) is 0 Å². The third kappa shape index (κ3) is 9.32. The van der Waals surface area contributed by atoms with E-state index in [1.165, 1.54) is 0 Å². The first-order valence-electron chi connectivity index (χ1n) is 6.26. The van der Waals surface area contributed by atoms with Gasteiger partial charge in [0.1, 0.15) is 0 Å². The smallest absolute Gasteiger partial charge is 0.223 e. The number of hydrogen-bond donors (Lipinski definition) is 1. The molecule has 0 heterocycles. The van der Waals surface area contributed by atoms with Gasteiger partial charge in [0.25, 0.3) is 0 Å². The van der Waals surface area contributed by atoms with E-state index in [-0.39, 0.29) is 5.91 Å². The predicted octanol–water partition coefficient (Wildman–Crippen LogP) is 0.479. The Morgan fingerprint density at radius 3 is 2.44 bits per heavy atom. The molecule has 2 N–H and O–H groups in total. The van der Waals surface area contributed by atoms with Gasteiger partial charge < -0.3 is 20.3 Å². The van der Waals surface area contributed by atoms with Crippen LogP contribution >= 0.6 is 12.2 Å². The van der Waals surface area contributed by atoms with Crippen LogP contribution < -0.4 is 5.73 Å². The second-order valence-corrected chi connectivity index (χ2v) is 4.81. The van der Waals surface area contributed by atoms with Crippen molar-refractivity contribution in [1.82, 2.24) is 9.80 Å². The largest absolute Gasteiger partial charge is 0.393 e. The summed E-state index contributed by atoms with van der Waals surface area (Å²) in [5, 5.41) is 0. The lowest BCUT2D eigenvalue weighted by atomic mass is 10.3. The van der Waals surface area contributed by atoms with Crippen LogP contribution in [0.5, 0.6) is 0 Å². The maximum absolute atomic E-state index is 11.8. The molecule has 5 nitrogen and oxygen atoms in total. The minimum Gasteiger partial charge on any atom is -0.393 e. The average molecular weight is 275 g/mol. The van der Waals surface area contributed by atoms with Crippen molar-refractivity contribution in [3.63, 3.8) is 0 Å². The van der Waals surface area contributed by atoms with E-state index >= 15 is 0 Å². The molecule has 0 aliphatic carbocycles. The standard InChI is InChI=1S/C12H25N3O2S/c1-4-17-10-9-14(2)7-6-12(16)15(3)8-5-11(13)18/h4-10H2,1-3H3,(H2,13,18). The molecule has 0 aromatic carbocycles. The summed E-state index contributed by atoms with van der Waals surface area (Å²) < 4.78 is 5.26. The number of carbonyl (C=O) groups excluding carboxylic acids is 1. The first-order valence-corrected chi connectivity index (χ1v) is 6.66. The molecule has 0 radical (unpaired) electrons. The van der Waals surface area contributed by atoms with Crippen molar-refractivity contribution in [2.75, 3.05) is 46.9 Å². The van der Waals surface area contributed by atoms with Crippen LogP contribution in [0.2, 0.25) is 0 Å². The van der Waals surface area contributed by atoms with Gasteiger partial charge in [0.05, 0.1) is 11.6 Å². The normalized spacial score (nSPS) is 10.7. The topological polar surface area (TPSA) is 58.8 Å². The van der Waals surface area contributed by atoms with Crippen LogP contribution in [-0.4, -0.2) is 67.6 Å². The van der Waals surface area contributed by atoms with E-state index in [9.17, 15) is 4.79 Å². The number of nitrogens with zero attached hydrogens (tertiary/aromatic N) is 2. The number of nitrogens with two attached hydrogens (primary N) is 1. The molecule has 0 aromatic heterocycles. The van der Waals surface area contributed by atoms with Gasteiger partial charge in [-0.1, -0.05) is 12.2 Å². The summed E-state index contributed by atoms with van der Waals surface area (Å²) in [7, 11) is 3.77. The minimum absolute atomic E-state index is 0.120. The van der Waals surface area contributed by atoms with E-state index in [0.29, 0.717) is 31.0 Å². The molecule has 1 amide bonds. The molecule has 6 heteroatoms. The van der Waals surface area contributed by atoms with Gasteiger partial charge in [0.15, 0.2) is 0 Å². The van der Waals surface area contributed by atoms with Crippen LogP contribution in [0.1, 0.15) is 19.8 Å². The number of ether oxygens (including phenoxy) is 1. The Bertz CT molecular complexity index is 262. The molecule has 0 unspecified atom stereocenters. The van der Waals surface area contributed by atoms with Crippen molar-refractivity contribution in [3.05, 3.63) is 0 Å². The van der Waals surface area contributed by atoms with Crippen molar-refractivity contribution in [3.8, 4) is 0 Å². The first-order chi connectivity index (χ1) is 8.47. The second kappa shape index (κ2) is 10.2. The van der Waals surface area contributed by atoms with Gasteiger partial charge in [-0.3, -0.25) is 4.79 Å². The van der Waals surface area contributed by atoms with Crippen LogP contribution in [-0.2, 0) is 9.53 Å². The molecule has 0 saturated carbocycles. The van der Waals surface area contributed by atoms with Gasteiger partial charge in [-0.05, 0) is 14.0 Å². The molecule has 0 aliphatic rings. The Morgan fingerprint density at radius 1 is 1.22 bits per heavy atom. The second-order valence-electron chi connectivity index (χ2n) is 4.28. The Labute approximate surface area is 115 Å². The van der Waals surface area contributed by atoms with E-state index < -0.39 is 0 Å². The van der Waals surface area contributed by atoms with Gasteiger partial charge in [-0.15, -0.1) is 0 Å². The lowest BCUT2D eigenvalue weighted by Crippen LogP contribution is -2.33. The van der Waals surface area contributed by atoms with Crippen molar-refractivity contribution in [1.29, 1.82) is 0 Å². The summed E-state index contributed by atoms with van der Waals surface area (Å²) in [6.45, 7) is 5.59. The summed E-state index contributed by atoms with van der Waals surface area (Å²) in [6.07, 6.45) is 1.09. The third-order valence-corrected chi connectivity index (χ3v) is 2.85. The monoisotopic (exact) mass is 275 g/mol. The van der Waals surface area contributed by atoms with Gasteiger partial charge in [0.2, 0.25) is 5.91 Å². The minimum atomic E-state index is 0.120. The molecule has 0 aliphatic heterocycles. The molecule has 0 bridgehead atoms. The maximum Gasteiger partial charge on any atom is 0.223 e. The molecule has 18 heavy (non-hydrogen) atoms. The highest BCUT2D eigenvalue weighted by Gasteiger charge is 2.09. The van der Waals surface area contributed by atoms with Crippen molar-refractivity contribution in [2.45, 2.75) is 19.8 Å². The first kappa shape index (κ1) is 17.3. The quantitative estimate of drug-likeness (QED) is 0.464. The summed E-state index contributed by atoms with van der Waals surface area (Å²) in [5.41, 5.74) is 5.40. The SMILES string of the molecule is CCOCCN(C)CCC(=O)N(C)CCC(N)=S. The Hall–Kier alpha value is -0.720. The molecule has 0 atom stereocenters. The summed E-state index contributed by atoms with van der Waals surface area (Å²) in [6, 6.07) is 0. The van der Waals surface area contributed by atoms with E-state index in [4.69, 9.17) is 22.7 Å². The van der Waals surface area contributed by atoms with Crippen molar-refractivity contribution >= 4 is 23.1 Å². The Kier molecular flexibility index (Phi) is 9.82. The van der Waals surface area contributed by atoms with Crippen molar-refractivity contribution in [2.24, 2.45) is 5.73 Å². The molecular weight excluding hydrogens is 250 g/mol. The Morgan fingerprint density at radius 2 is 1.89 bits per heavy atom. The van der Waals surface area contributed by atoms with E-state index in [1.807, 2.05) is 14.0 Å². The number of hydrogen-bond acceptors (Lipinski definition) is 4. The van der Waals surface area contributed by atoms with Crippen molar-refractivity contribution < 1.29 is 9.53 Å². The molecular formula is C12H25N3O2S. The zero-order valence-electron chi connectivity index (χ0n) is 11.6. The third-order valence-electron chi connectivity index (χ3n) is 2.65. The highest BCUT2D eigenvalue weighted by molar-refractivity contribution is 7.80. The van der Waals surface area contributed by atoms with Gasteiger partial charge in [-0.2, -0.15) is 0 Å². The van der Waals surface area contributed by atoms with E-state index in [1.54, 1.807) is 11.9 Å². The average Bonchev–Trinajstić information content (AvgIpc) is 2.33. The van der Waals surface area contributed by atoms with E-state index in [0.717, 1.165) is 19.7 Å². The fraction of sp³-hybridized carbons (Fsp3) is 0.833. The number of carbonyl (C=O) groups is 1. The molecule has 0 aromatic rings. The fourth-order valence-corrected chi connectivity index (χ4v) is 1.45. The lowest BCUT2D eigenvalue weighted by molar-refractivity contribution is -0.130. The van der Waals surface area contributed by atoms with Crippen LogP contribution in [0.3, 0.4) is 0 Å². The summed E-state index contributed by atoms with van der Waals surface area (Å²) in [5.74, 6) is 0.120. The molecule has 0 rings (SSSR count). The van der Waals surface area contributed by atoms with Gasteiger partial charge in [-0.25, -0.2) is 0 Å². The number of rotatable bonds is 10. The Balaban J connectivity index is 3.70. The van der Waals surface area contributed by atoms with Crippen LogP contribution in [0.4, 0.5) is 0 Å². The highest BCUT2D eigenvalue weighted by atomic mass is 32.1. The molecule has 0 fully saturated rings. The predicted molar refractivity (Wildman–Crippen MR) is 77.6 cm³/mol. The summed E-state index contributed by atoms with van der Waals surface area (Å²) >= 11 is 4.78. The van der Waals surface area contributed by atoms with Crippen LogP contribution in [0, 0.1) is 0 Å². The zero-order valence-corrected chi connectivity index (χ0v) is 12.5. The summed E-state index contributed by atoms with van der Waals surface area (Å²) in [4.78, 5) is 16.0. The fourth-order valence-electron chi connectivity index (χ4n) is 1.36. The molecule has 0 saturated heterocycles. The maximum atomic E-state index is 11.8. The number of thiocarbonyl (C=S) groups is 1. The number of amides is 1. The highest BCUT2D eigenvalue weighted by Crippen LogP contribution is 1.96. The molecule has 106 valence electrons. The van der Waals surface area contributed by atoms with E-state index in [2.05, 4.69) is 4.90 Å². The molecule has 0 spiro atoms. The van der Waals surface area contributed by atoms with Gasteiger partial charge in [0, 0.05) is 46.1 Å². The zero-order chi connectivity index (χ0) is 14.0. The van der Waals surface area contributed by atoms with Gasteiger partial charge >= 0.3 is 0 Å².